The van der Waals surface area contributed by atoms with Gasteiger partial charge in [0.25, 0.3) is 0 Å². The van der Waals surface area contributed by atoms with Crippen LogP contribution >= 0.6 is 23.1 Å². The minimum Gasteiger partial charge on any atom is -0.477 e. The van der Waals surface area contributed by atoms with Gasteiger partial charge in [-0.1, -0.05) is 11.6 Å². The van der Waals surface area contributed by atoms with Crippen LogP contribution in [0.25, 0.3) is 0 Å². The lowest BCUT2D eigenvalue weighted by Crippen LogP contribution is -2.34. The van der Waals surface area contributed by atoms with Crippen molar-refractivity contribution in [2.24, 2.45) is 0 Å². The van der Waals surface area contributed by atoms with Crippen molar-refractivity contribution >= 4 is 40.1 Å². The van der Waals surface area contributed by atoms with Gasteiger partial charge in [-0.15, -0.1) is 0 Å². The molecule has 1 heterocycles. The van der Waals surface area contributed by atoms with Gasteiger partial charge in [-0.3, -0.25) is 10.2 Å². The first-order valence-electron chi connectivity index (χ1n) is 9.74. The number of aromatic carboxylic acids is 1. The zero-order valence-electron chi connectivity index (χ0n) is 17.3. The molecule has 33 heavy (non-hydrogen) atoms. The summed E-state index contributed by atoms with van der Waals surface area (Å²) in [6.45, 7) is 0.808. The number of anilines is 1. The number of hydrogen-bond acceptors (Lipinski definition) is 8. The third kappa shape index (κ3) is 8.05. The number of carbonyl (C=O) groups is 2. The summed E-state index contributed by atoms with van der Waals surface area (Å²) in [6, 6.07) is 1.11. The highest BCUT2D eigenvalue weighted by Crippen LogP contribution is 2.31. The van der Waals surface area contributed by atoms with Crippen LogP contribution in [0.4, 0.5) is 18.6 Å². The number of rotatable bonds is 13. The molecule has 0 fully saturated rings. The van der Waals surface area contributed by atoms with Crippen molar-refractivity contribution in [1.29, 1.82) is 0 Å². The fourth-order valence-electron chi connectivity index (χ4n) is 2.77. The standard InChI is InChI=1S/C19H23ClF2N4O6S/c20-11-8-13(21)12(14(22)9-11)10-32-16-15(18(29)30)17(33-25-16)24-19(31)23-2-1-3-26(4-6-27)5-7-28/h8-9,27-28H,1-7,10H2,(H,29,30)(H2,23,24,31). The Bertz CT molecular complexity index is 935. The third-order valence-corrected chi connectivity index (χ3v) is 5.29. The van der Waals surface area contributed by atoms with E-state index in [0.717, 1.165) is 12.1 Å². The molecule has 0 aliphatic rings. The summed E-state index contributed by atoms with van der Waals surface area (Å²) in [4.78, 5) is 25.6. The van der Waals surface area contributed by atoms with E-state index >= 15 is 0 Å². The molecule has 5 N–H and O–H groups in total. The fraction of sp³-hybridized carbons (Fsp3) is 0.421. The van der Waals surface area contributed by atoms with Crippen molar-refractivity contribution < 1.29 is 38.4 Å². The van der Waals surface area contributed by atoms with Crippen molar-refractivity contribution in [1.82, 2.24) is 14.6 Å². The number of carbonyl (C=O) groups excluding carboxylic acids is 1. The Morgan fingerprint density at radius 3 is 2.36 bits per heavy atom. The Balaban J connectivity index is 1.94. The van der Waals surface area contributed by atoms with Crippen LogP contribution in [0.5, 0.6) is 5.88 Å². The van der Waals surface area contributed by atoms with Gasteiger partial charge < -0.3 is 25.4 Å². The smallest absolute Gasteiger partial charge is 0.344 e. The van der Waals surface area contributed by atoms with E-state index in [-0.39, 0.29) is 29.8 Å². The number of hydrogen-bond donors (Lipinski definition) is 5. The molecule has 0 radical (unpaired) electrons. The molecule has 2 aromatic rings. The Hall–Kier alpha value is -2.58. The van der Waals surface area contributed by atoms with Crippen molar-refractivity contribution in [2.75, 3.05) is 44.7 Å². The van der Waals surface area contributed by atoms with Crippen LogP contribution in [-0.4, -0.2) is 76.0 Å². The zero-order chi connectivity index (χ0) is 24.4. The molecule has 0 aliphatic heterocycles. The molecule has 2 rings (SSSR count). The van der Waals surface area contributed by atoms with E-state index in [2.05, 4.69) is 15.0 Å². The van der Waals surface area contributed by atoms with Crippen molar-refractivity contribution in [2.45, 2.75) is 13.0 Å². The maximum atomic E-state index is 13.9. The summed E-state index contributed by atoms with van der Waals surface area (Å²) in [5.41, 5.74) is -0.908. The van der Waals surface area contributed by atoms with Gasteiger partial charge >= 0.3 is 12.0 Å². The van der Waals surface area contributed by atoms with Crippen LogP contribution in [0.1, 0.15) is 22.3 Å². The average Bonchev–Trinajstić information content (AvgIpc) is 3.13. The van der Waals surface area contributed by atoms with Crippen LogP contribution in [0.2, 0.25) is 5.02 Å². The summed E-state index contributed by atoms with van der Waals surface area (Å²) >= 11 is 6.21. The number of aliphatic hydroxyl groups is 2. The van der Waals surface area contributed by atoms with Crippen molar-refractivity contribution in [3.63, 3.8) is 0 Å². The number of carboxylic acids is 1. The molecule has 0 unspecified atom stereocenters. The number of aliphatic hydroxyl groups excluding tert-OH is 2. The maximum absolute atomic E-state index is 13.9. The van der Waals surface area contributed by atoms with Gasteiger partial charge in [0.05, 0.1) is 18.8 Å². The second-order valence-corrected chi connectivity index (χ2v) is 7.87. The number of urea groups is 1. The molecular formula is C19H23ClF2N4O6S. The average molecular weight is 509 g/mol. The van der Waals surface area contributed by atoms with Crippen molar-refractivity contribution in [3.8, 4) is 5.88 Å². The number of nitrogens with one attached hydrogen (secondary N) is 2. The highest BCUT2D eigenvalue weighted by atomic mass is 35.5. The second kappa shape index (κ2) is 13.2. The maximum Gasteiger partial charge on any atom is 0.344 e. The van der Waals surface area contributed by atoms with Crippen molar-refractivity contribution in [3.05, 3.63) is 39.9 Å². The highest BCUT2D eigenvalue weighted by molar-refractivity contribution is 7.11. The first kappa shape index (κ1) is 26.7. The SMILES string of the molecule is O=C(NCCCN(CCO)CCO)Nc1snc(OCc2c(F)cc(Cl)cc2F)c1C(=O)O. The van der Waals surface area contributed by atoms with Crippen LogP contribution < -0.4 is 15.4 Å². The van der Waals surface area contributed by atoms with Gasteiger partial charge in [0, 0.05) is 24.7 Å². The summed E-state index contributed by atoms with van der Waals surface area (Å²) in [7, 11) is 0. The molecule has 0 saturated carbocycles. The van der Waals surface area contributed by atoms with E-state index in [0.29, 0.717) is 37.6 Å². The molecule has 182 valence electrons. The Labute approximate surface area is 196 Å². The van der Waals surface area contributed by atoms with E-state index in [4.69, 9.17) is 26.6 Å². The Morgan fingerprint density at radius 1 is 1.15 bits per heavy atom. The van der Waals surface area contributed by atoms with Crippen LogP contribution in [-0.2, 0) is 6.61 Å². The minimum absolute atomic E-state index is 0.0566. The van der Waals surface area contributed by atoms with E-state index in [9.17, 15) is 23.5 Å². The van der Waals surface area contributed by atoms with E-state index in [1.54, 1.807) is 0 Å². The normalized spacial score (nSPS) is 11.0. The molecule has 10 nitrogen and oxygen atoms in total. The molecule has 0 spiro atoms. The zero-order valence-corrected chi connectivity index (χ0v) is 18.9. The van der Waals surface area contributed by atoms with E-state index < -0.39 is 47.2 Å². The number of ether oxygens (including phenoxy) is 1. The molecule has 0 aliphatic carbocycles. The molecule has 14 heteroatoms. The second-order valence-electron chi connectivity index (χ2n) is 6.66. The molecule has 2 amide bonds. The van der Waals surface area contributed by atoms with Gasteiger partial charge in [-0.25, -0.2) is 18.4 Å². The number of amides is 2. The lowest BCUT2D eigenvalue weighted by atomic mass is 10.2. The lowest BCUT2D eigenvalue weighted by molar-refractivity contribution is 0.0693. The summed E-state index contributed by atoms with van der Waals surface area (Å²) < 4.78 is 36.8. The molecule has 0 saturated heterocycles. The minimum atomic E-state index is -1.45. The van der Waals surface area contributed by atoms with Gasteiger partial charge in [-0.2, -0.15) is 4.37 Å². The molecule has 1 aromatic heterocycles. The van der Waals surface area contributed by atoms with Gasteiger partial charge in [-0.05, 0) is 36.6 Å². The predicted molar refractivity (Wildman–Crippen MR) is 117 cm³/mol. The molecule has 1 aromatic carbocycles. The Kier molecular flexibility index (Phi) is 10.7. The summed E-state index contributed by atoms with van der Waals surface area (Å²) in [6.07, 6.45) is 0.522. The first-order valence-corrected chi connectivity index (χ1v) is 10.9. The van der Waals surface area contributed by atoms with Crippen LogP contribution in [0.3, 0.4) is 0 Å². The molecule has 0 atom stereocenters. The highest BCUT2D eigenvalue weighted by Gasteiger charge is 2.24. The van der Waals surface area contributed by atoms with Gasteiger partial charge in [0.2, 0.25) is 5.88 Å². The summed E-state index contributed by atoms with van der Waals surface area (Å²) in [5.74, 6) is -3.77. The largest absolute Gasteiger partial charge is 0.477 e. The number of aromatic nitrogens is 1. The number of carboxylic acid groups (broad SMARTS) is 1. The number of nitrogens with zero attached hydrogens (tertiary/aromatic N) is 2. The number of benzene rings is 1. The topological polar surface area (TPSA) is 144 Å². The molecular weight excluding hydrogens is 486 g/mol. The first-order chi connectivity index (χ1) is 15.8. The van der Waals surface area contributed by atoms with Gasteiger partial charge in [0.15, 0.2) is 5.56 Å². The Morgan fingerprint density at radius 2 is 1.79 bits per heavy atom. The third-order valence-electron chi connectivity index (χ3n) is 4.33. The number of halogens is 3. The van der Waals surface area contributed by atoms with E-state index in [1.807, 2.05) is 4.90 Å². The van der Waals surface area contributed by atoms with E-state index in [1.165, 1.54) is 0 Å². The lowest BCUT2D eigenvalue weighted by Gasteiger charge is -2.19. The van der Waals surface area contributed by atoms with Crippen LogP contribution in [0.15, 0.2) is 12.1 Å². The summed E-state index contributed by atoms with van der Waals surface area (Å²) in [5, 5.41) is 32.1. The monoisotopic (exact) mass is 508 g/mol. The van der Waals surface area contributed by atoms with Gasteiger partial charge in [0.1, 0.15) is 23.2 Å². The van der Waals surface area contributed by atoms with Crippen LogP contribution in [0, 0.1) is 11.6 Å². The quantitative estimate of drug-likeness (QED) is 0.259. The predicted octanol–water partition coefficient (Wildman–Crippen LogP) is 2.15. The molecule has 0 bridgehead atoms. The fourth-order valence-corrected chi connectivity index (χ4v) is 3.68.